The number of hydrogen-bond acceptors (Lipinski definition) is 2. The SMILES string of the molecule is OC[C@H](c1ccccc1)[C@@H]1CCN1. The van der Waals surface area contributed by atoms with Gasteiger partial charge in [-0.05, 0) is 18.5 Å². The number of hydrogen-bond donors (Lipinski definition) is 2. The topological polar surface area (TPSA) is 32.3 Å². The summed E-state index contributed by atoms with van der Waals surface area (Å²) < 4.78 is 0. The summed E-state index contributed by atoms with van der Waals surface area (Å²) in [7, 11) is 0. The van der Waals surface area contributed by atoms with E-state index in [2.05, 4.69) is 17.4 Å². The minimum atomic E-state index is 0.238. The lowest BCUT2D eigenvalue weighted by molar-refractivity contribution is 0.203. The van der Waals surface area contributed by atoms with E-state index >= 15 is 0 Å². The molecule has 1 heterocycles. The molecule has 1 aromatic rings. The molecule has 2 rings (SSSR count). The molecule has 2 nitrogen and oxygen atoms in total. The number of nitrogens with one attached hydrogen (secondary N) is 1. The van der Waals surface area contributed by atoms with E-state index in [9.17, 15) is 5.11 Å². The van der Waals surface area contributed by atoms with E-state index < -0.39 is 0 Å². The monoisotopic (exact) mass is 177 g/mol. The lowest BCUT2D eigenvalue weighted by Gasteiger charge is -2.34. The molecule has 0 spiro atoms. The molecule has 1 aliphatic heterocycles. The smallest absolute Gasteiger partial charge is 0.0514 e. The first kappa shape index (κ1) is 8.73. The van der Waals surface area contributed by atoms with Gasteiger partial charge in [0.25, 0.3) is 0 Å². The molecule has 13 heavy (non-hydrogen) atoms. The maximum absolute atomic E-state index is 9.27. The third-order valence-electron chi connectivity index (χ3n) is 2.77. The number of aliphatic hydroxyl groups excluding tert-OH is 1. The largest absolute Gasteiger partial charge is 0.396 e. The molecule has 0 radical (unpaired) electrons. The zero-order chi connectivity index (χ0) is 9.10. The van der Waals surface area contributed by atoms with Crippen LogP contribution in [0.5, 0.6) is 0 Å². The van der Waals surface area contributed by atoms with Gasteiger partial charge >= 0.3 is 0 Å². The maximum atomic E-state index is 9.27. The van der Waals surface area contributed by atoms with Gasteiger partial charge in [-0.15, -0.1) is 0 Å². The summed E-state index contributed by atoms with van der Waals surface area (Å²) >= 11 is 0. The fraction of sp³-hybridized carbons (Fsp3) is 0.455. The van der Waals surface area contributed by atoms with Crippen LogP contribution in [-0.4, -0.2) is 24.3 Å². The van der Waals surface area contributed by atoms with Gasteiger partial charge in [0, 0.05) is 12.0 Å². The van der Waals surface area contributed by atoms with Crippen molar-refractivity contribution in [2.45, 2.75) is 18.4 Å². The molecular weight excluding hydrogens is 162 g/mol. The molecule has 0 bridgehead atoms. The molecule has 1 aliphatic rings. The normalized spacial score (nSPS) is 23.6. The molecule has 1 saturated heterocycles. The predicted molar refractivity (Wildman–Crippen MR) is 52.7 cm³/mol. The molecule has 0 amide bonds. The Morgan fingerprint density at radius 1 is 1.38 bits per heavy atom. The maximum Gasteiger partial charge on any atom is 0.0514 e. The van der Waals surface area contributed by atoms with Gasteiger partial charge in [-0.2, -0.15) is 0 Å². The van der Waals surface area contributed by atoms with E-state index in [1.807, 2.05) is 18.2 Å². The third kappa shape index (κ3) is 1.74. The third-order valence-corrected chi connectivity index (χ3v) is 2.77. The van der Waals surface area contributed by atoms with E-state index in [1.165, 1.54) is 12.0 Å². The Morgan fingerprint density at radius 3 is 2.54 bits per heavy atom. The second kappa shape index (κ2) is 3.90. The minimum Gasteiger partial charge on any atom is -0.396 e. The first-order valence-corrected chi connectivity index (χ1v) is 4.81. The van der Waals surface area contributed by atoms with Gasteiger partial charge in [0.2, 0.25) is 0 Å². The first-order valence-electron chi connectivity index (χ1n) is 4.81. The van der Waals surface area contributed by atoms with Crippen LogP contribution in [0.4, 0.5) is 0 Å². The van der Waals surface area contributed by atoms with Crippen molar-refractivity contribution in [2.75, 3.05) is 13.2 Å². The van der Waals surface area contributed by atoms with Gasteiger partial charge in [0.1, 0.15) is 0 Å². The van der Waals surface area contributed by atoms with Crippen LogP contribution >= 0.6 is 0 Å². The van der Waals surface area contributed by atoms with Gasteiger partial charge in [-0.1, -0.05) is 30.3 Å². The van der Waals surface area contributed by atoms with Crippen molar-refractivity contribution in [3.63, 3.8) is 0 Å². The molecular formula is C11H15NO. The van der Waals surface area contributed by atoms with Crippen molar-refractivity contribution in [2.24, 2.45) is 0 Å². The van der Waals surface area contributed by atoms with Gasteiger partial charge in [-0.3, -0.25) is 0 Å². The van der Waals surface area contributed by atoms with E-state index in [-0.39, 0.29) is 12.5 Å². The number of rotatable bonds is 3. The quantitative estimate of drug-likeness (QED) is 0.725. The zero-order valence-electron chi connectivity index (χ0n) is 7.61. The van der Waals surface area contributed by atoms with Crippen LogP contribution in [0.25, 0.3) is 0 Å². The summed E-state index contributed by atoms with van der Waals surface area (Å²) in [6.07, 6.45) is 1.18. The highest BCUT2D eigenvalue weighted by atomic mass is 16.3. The summed E-state index contributed by atoms with van der Waals surface area (Å²) in [5, 5.41) is 12.6. The molecule has 1 aromatic carbocycles. The van der Waals surface area contributed by atoms with Crippen LogP contribution in [0.1, 0.15) is 17.9 Å². The lowest BCUT2D eigenvalue weighted by Crippen LogP contribution is -2.47. The molecule has 2 heteroatoms. The van der Waals surface area contributed by atoms with Crippen LogP contribution in [0.15, 0.2) is 30.3 Å². The summed E-state index contributed by atoms with van der Waals surface area (Å²) in [5.74, 6) is 0.273. The fourth-order valence-corrected chi connectivity index (χ4v) is 1.82. The van der Waals surface area contributed by atoms with Crippen molar-refractivity contribution in [1.82, 2.24) is 5.32 Å². The molecule has 2 atom stereocenters. The molecule has 0 aromatic heterocycles. The van der Waals surface area contributed by atoms with Gasteiger partial charge in [-0.25, -0.2) is 0 Å². The molecule has 0 saturated carbocycles. The van der Waals surface area contributed by atoms with Crippen LogP contribution < -0.4 is 5.32 Å². The zero-order valence-corrected chi connectivity index (χ0v) is 7.61. The minimum absolute atomic E-state index is 0.238. The Labute approximate surface area is 78.6 Å². The lowest BCUT2D eigenvalue weighted by atomic mass is 9.86. The van der Waals surface area contributed by atoms with Crippen molar-refractivity contribution < 1.29 is 5.11 Å². The Hall–Kier alpha value is -0.860. The molecule has 0 unspecified atom stereocenters. The van der Waals surface area contributed by atoms with Gasteiger partial charge in [0.15, 0.2) is 0 Å². The number of benzene rings is 1. The Morgan fingerprint density at radius 2 is 2.08 bits per heavy atom. The molecule has 0 aliphatic carbocycles. The highest BCUT2D eigenvalue weighted by Crippen LogP contribution is 2.24. The van der Waals surface area contributed by atoms with Crippen LogP contribution in [0.3, 0.4) is 0 Å². The average Bonchev–Trinajstić information content (AvgIpc) is 2.12. The Balaban J connectivity index is 2.12. The summed E-state index contributed by atoms with van der Waals surface area (Å²) in [6.45, 7) is 1.33. The predicted octanol–water partition coefficient (Wildman–Crippen LogP) is 1.12. The molecule has 70 valence electrons. The van der Waals surface area contributed by atoms with Crippen LogP contribution in [-0.2, 0) is 0 Å². The average molecular weight is 177 g/mol. The highest BCUT2D eigenvalue weighted by Gasteiger charge is 2.26. The second-order valence-electron chi connectivity index (χ2n) is 3.55. The first-order chi connectivity index (χ1) is 6.42. The number of aliphatic hydroxyl groups is 1. The van der Waals surface area contributed by atoms with Gasteiger partial charge in [0.05, 0.1) is 6.61 Å². The standard InChI is InChI=1S/C11H15NO/c13-8-10(11-6-7-12-11)9-4-2-1-3-5-9/h1-5,10-13H,6-8H2/t10-,11+/m1/s1. The Bertz CT molecular complexity index is 256. The van der Waals surface area contributed by atoms with E-state index in [0.717, 1.165) is 6.54 Å². The second-order valence-corrected chi connectivity index (χ2v) is 3.55. The highest BCUT2D eigenvalue weighted by molar-refractivity contribution is 5.22. The van der Waals surface area contributed by atoms with Gasteiger partial charge < -0.3 is 10.4 Å². The fourth-order valence-electron chi connectivity index (χ4n) is 1.82. The van der Waals surface area contributed by atoms with Crippen LogP contribution in [0.2, 0.25) is 0 Å². The van der Waals surface area contributed by atoms with Crippen LogP contribution in [0, 0.1) is 0 Å². The summed E-state index contributed by atoms with van der Waals surface area (Å²) in [5.41, 5.74) is 1.24. The van der Waals surface area contributed by atoms with E-state index in [0.29, 0.717) is 6.04 Å². The van der Waals surface area contributed by atoms with E-state index in [4.69, 9.17) is 0 Å². The molecule has 2 N–H and O–H groups in total. The van der Waals surface area contributed by atoms with Crippen molar-refractivity contribution in [3.8, 4) is 0 Å². The Kier molecular flexibility index (Phi) is 2.62. The summed E-state index contributed by atoms with van der Waals surface area (Å²) in [4.78, 5) is 0. The molecule has 1 fully saturated rings. The van der Waals surface area contributed by atoms with Crippen molar-refractivity contribution in [3.05, 3.63) is 35.9 Å². The van der Waals surface area contributed by atoms with Crippen molar-refractivity contribution >= 4 is 0 Å². The van der Waals surface area contributed by atoms with Crippen molar-refractivity contribution in [1.29, 1.82) is 0 Å². The summed E-state index contributed by atoms with van der Waals surface area (Å²) in [6, 6.07) is 10.7. The van der Waals surface area contributed by atoms with E-state index in [1.54, 1.807) is 0 Å².